The Morgan fingerprint density at radius 3 is 1.19 bits per heavy atom. The van der Waals surface area contributed by atoms with Crippen molar-refractivity contribution in [2.24, 2.45) is 0 Å². The van der Waals surface area contributed by atoms with Crippen molar-refractivity contribution in [3.05, 3.63) is 265 Å². The van der Waals surface area contributed by atoms with Gasteiger partial charge in [0.15, 0.2) is 0 Å². The quantitative estimate of drug-likeness (QED) is 0.162. The Bertz CT molecular complexity index is 4940. The smallest absolute Gasteiger partial charge is 0.252 e. The minimum absolute atomic E-state index is 0.0373. The van der Waals surface area contributed by atoms with Crippen LogP contribution < -0.4 is 52.4 Å². The van der Waals surface area contributed by atoms with E-state index in [-0.39, 0.29) is 24.3 Å². The van der Waals surface area contributed by atoms with E-state index in [1.54, 1.807) is 0 Å². The summed E-state index contributed by atoms with van der Waals surface area (Å²) in [7, 11) is 0. The lowest BCUT2D eigenvalue weighted by Crippen LogP contribution is -2.63. The van der Waals surface area contributed by atoms with Crippen molar-refractivity contribution < 1.29 is 0 Å². The zero-order chi connectivity index (χ0) is 56.6. The summed E-state index contributed by atoms with van der Waals surface area (Å²) in [5.74, 6) is 0. The molecule has 0 bridgehead atoms. The number of hydrogen-bond donors (Lipinski definition) is 0. The molecule has 8 heterocycles. The highest BCUT2D eigenvalue weighted by atomic mass is 32.2. The maximum absolute atomic E-state index is 2.66. The van der Waals surface area contributed by atoms with E-state index in [0.29, 0.717) is 0 Å². The van der Waals surface area contributed by atoms with Crippen LogP contribution in [-0.4, -0.2) is 13.4 Å². The summed E-state index contributed by atoms with van der Waals surface area (Å²) in [6.45, 7) is 9.79. The molecule has 0 aromatic heterocycles. The Kier molecular flexibility index (Phi) is 9.35. The highest BCUT2D eigenvalue weighted by Crippen LogP contribution is 2.60. The lowest BCUT2D eigenvalue weighted by molar-refractivity contribution is 0.632. The van der Waals surface area contributed by atoms with Gasteiger partial charge in [0, 0.05) is 64.5 Å². The van der Waals surface area contributed by atoms with Crippen molar-refractivity contribution in [1.29, 1.82) is 0 Å². The Balaban J connectivity index is 0.837. The summed E-state index contributed by atoms with van der Waals surface area (Å²) in [4.78, 5) is 15.7. The molecule has 12 aromatic carbocycles. The van der Waals surface area contributed by atoms with Crippen molar-refractivity contribution >= 4 is 138 Å². The van der Waals surface area contributed by atoms with Crippen molar-refractivity contribution in [3.8, 4) is 33.4 Å². The molecular formula is C78H52B2N4S2. The summed E-state index contributed by atoms with van der Waals surface area (Å²) in [6, 6.07) is 93.4. The molecule has 86 heavy (non-hydrogen) atoms. The largest absolute Gasteiger partial charge is 0.311 e. The number of para-hydroxylation sites is 7. The van der Waals surface area contributed by atoms with E-state index >= 15 is 0 Å². The molecule has 12 aromatic rings. The molecule has 20 rings (SSSR count). The normalized spacial score (nSPS) is 15.9. The zero-order valence-electron chi connectivity index (χ0n) is 47.9. The Hall–Kier alpha value is -9.33. The van der Waals surface area contributed by atoms with Crippen LogP contribution in [0.15, 0.2) is 262 Å². The van der Waals surface area contributed by atoms with Gasteiger partial charge in [-0.3, -0.25) is 0 Å². The van der Waals surface area contributed by atoms with Crippen molar-refractivity contribution in [2.75, 3.05) is 19.6 Å². The first-order valence-electron chi connectivity index (χ1n) is 30.2. The molecule has 8 aliphatic heterocycles. The first-order chi connectivity index (χ1) is 42.2. The van der Waals surface area contributed by atoms with Crippen molar-refractivity contribution in [2.45, 2.75) is 58.1 Å². The van der Waals surface area contributed by atoms with Crippen LogP contribution >= 0.6 is 23.5 Å². The fourth-order valence-corrected chi connectivity index (χ4v) is 18.9. The first kappa shape index (κ1) is 48.0. The summed E-state index contributed by atoms with van der Waals surface area (Å²) >= 11 is 3.80. The zero-order valence-corrected chi connectivity index (χ0v) is 49.5. The highest BCUT2D eigenvalue weighted by Gasteiger charge is 2.52. The van der Waals surface area contributed by atoms with E-state index in [4.69, 9.17) is 0 Å². The van der Waals surface area contributed by atoms with Crippen LogP contribution in [0.2, 0.25) is 0 Å². The SMILES string of the molecule is CC1(C)c2ccccc2N2c3cc(-c4ccccc4)cc4c3B(c3cccc1c32)c1cc(-c2cccc(-c3cc5c6c(c3)N3c7ccccc7Sc7cccc(c73)B6c3cccc6c3N5c3ccccc3S6)c2)cc2c1N4c1ccccc1C2(C)C. The Labute approximate surface area is 510 Å². The third-order valence-corrected chi connectivity index (χ3v) is 22.7. The van der Waals surface area contributed by atoms with Gasteiger partial charge in [0.1, 0.15) is 0 Å². The third-order valence-electron chi connectivity index (χ3n) is 20.5. The molecule has 8 heteroatoms. The maximum atomic E-state index is 2.66. The monoisotopic (exact) mass is 1130 g/mol. The van der Waals surface area contributed by atoms with Gasteiger partial charge in [-0.15, -0.1) is 0 Å². The number of benzene rings is 12. The van der Waals surface area contributed by atoms with Gasteiger partial charge in [0.2, 0.25) is 0 Å². The van der Waals surface area contributed by atoms with E-state index in [2.05, 4.69) is 290 Å². The minimum atomic E-state index is -0.325. The second kappa shape index (κ2) is 16.8. The fourth-order valence-electron chi connectivity index (χ4n) is 16.7. The van der Waals surface area contributed by atoms with Gasteiger partial charge in [-0.25, -0.2) is 0 Å². The van der Waals surface area contributed by atoms with Crippen LogP contribution in [0.4, 0.5) is 68.2 Å². The topological polar surface area (TPSA) is 13.0 Å². The van der Waals surface area contributed by atoms with E-state index in [9.17, 15) is 0 Å². The summed E-state index contributed by atoms with van der Waals surface area (Å²) in [5.41, 5.74) is 35.5. The van der Waals surface area contributed by atoms with Gasteiger partial charge < -0.3 is 19.6 Å². The average Bonchev–Trinajstić information content (AvgIpc) is 0.687. The van der Waals surface area contributed by atoms with Crippen LogP contribution in [0, 0.1) is 0 Å². The second-order valence-electron chi connectivity index (χ2n) is 25.5. The lowest BCUT2D eigenvalue weighted by atomic mass is 9.32. The van der Waals surface area contributed by atoms with Gasteiger partial charge in [-0.1, -0.05) is 209 Å². The number of fused-ring (bicyclic) bond motifs is 16. The third kappa shape index (κ3) is 6.06. The van der Waals surface area contributed by atoms with Crippen LogP contribution in [0.25, 0.3) is 33.4 Å². The van der Waals surface area contributed by atoms with Crippen molar-refractivity contribution in [1.82, 2.24) is 0 Å². The highest BCUT2D eigenvalue weighted by molar-refractivity contribution is 8.00. The predicted molar refractivity (Wildman–Crippen MR) is 363 cm³/mol. The van der Waals surface area contributed by atoms with Gasteiger partial charge >= 0.3 is 0 Å². The standard InChI is InChI=1S/C78H52B2N4S2/c1-77(2)51-24-8-10-30-59(51)81-63-41-49(45-20-6-5-7-21-45)42-64-72(63)80(55-27-17-26-53(77)73(55)81)58-40-48(39-54-74(58)82(64)60-31-11-9-25-52(60)78(54,3)4)46-22-16-23-47(38-46)50-43-65-71-66(44-50)84-62-33-13-15-35-68(62)86-70-37-19-29-57(76(70)84)79(71)56-28-18-36-69-75(56)83(65)61-32-12-14-34-67(61)85-69/h5-44H,1-4H3. The molecule has 402 valence electrons. The molecule has 0 atom stereocenters. The van der Waals surface area contributed by atoms with Gasteiger partial charge in [0.25, 0.3) is 13.4 Å². The van der Waals surface area contributed by atoms with Gasteiger partial charge in [-0.2, -0.15) is 0 Å². The molecule has 0 saturated carbocycles. The van der Waals surface area contributed by atoms with Crippen molar-refractivity contribution in [3.63, 3.8) is 0 Å². The maximum Gasteiger partial charge on any atom is 0.252 e. The lowest BCUT2D eigenvalue weighted by Gasteiger charge is -2.52. The molecule has 0 fully saturated rings. The molecule has 0 amide bonds. The molecule has 8 aliphatic rings. The average molecular weight is 1130 g/mol. The Morgan fingerprint density at radius 1 is 0.256 bits per heavy atom. The van der Waals surface area contributed by atoms with E-state index < -0.39 is 0 Å². The number of hydrogen-bond acceptors (Lipinski definition) is 6. The van der Waals surface area contributed by atoms with Crippen LogP contribution in [0.5, 0.6) is 0 Å². The van der Waals surface area contributed by atoms with Crippen LogP contribution in [-0.2, 0) is 10.8 Å². The van der Waals surface area contributed by atoms with Gasteiger partial charge in [-0.05, 0) is 173 Å². The van der Waals surface area contributed by atoms with Gasteiger partial charge in [0.05, 0.1) is 34.1 Å². The molecule has 0 aliphatic carbocycles. The molecule has 0 spiro atoms. The predicted octanol–water partition coefficient (Wildman–Crippen LogP) is 17.1. The van der Waals surface area contributed by atoms with E-state index in [0.717, 1.165) is 0 Å². The van der Waals surface area contributed by atoms with Crippen LogP contribution in [0.1, 0.15) is 49.9 Å². The molecule has 0 radical (unpaired) electrons. The minimum Gasteiger partial charge on any atom is -0.311 e. The summed E-state index contributed by atoms with van der Waals surface area (Å²) in [6.07, 6.45) is 0. The van der Waals surface area contributed by atoms with Crippen LogP contribution in [0.3, 0.4) is 0 Å². The summed E-state index contributed by atoms with van der Waals surface area (Å²) < 4.78 is 0. The molecule has 0 saturated heterocycles. The first-order valence-corrected chi connectivity index (χ1v) is 31.9. The molecular weight excluding hydrogens is 1080 g/mol. The second-order valence-corrected chi connectivity index (χ2v) is 27.7. The van der Waals surface area contributed by atoms with E-state index in [1.165, 1.54) is 176 Å². The molecule has 0 N–H and O–H groups in total. The number of nitrogens with zero attached hydrogens (tertiary/aromatic N) is 4. The van der Waals surface area contributed by atoms with E-state index in [1.807, 2.05) is 23.5 Å². The number of rotatable bonds is 3. The fraction of sp³-hybridized carbons (Fsp3) is 0.0769. The molecule has 0 unspecified atom stereocenters. The summed E-state index contributed by atoms with van der Waals surface area (Å²) in [5, 5.41) is 0. The molecule has 4 nitrogen and oxygen atoms in total. The number of anilines is 12. The Morgan fingerprint density at radius 2 is 0.628 bits per heavy atom.